The van der Waals surface area contributed by atoms with Crippen LogP contribution in [0.2, 0.25) is 0 Å². The lowest BCUT2D eigenvalue weighted by atomic mass is 9.77. The molecule has 1 heterocycles. The summed E-state index contributed by atoms with van der Waals surface area (Å²) < 4.78 is 18.1. The minimum Gasteiger partial charge on any atom is -0.423 e. The number of aryl methyl sites for hydroxylation is 1. The third kappa shape index (κ3) is 3.76. The van der Waals surface area contributed by atoms with E-state index in [1.165, 1.54) is 29.4 Å². The highest BCUT2D eigenvalue weighted by Gasteiger charge is 2.17. The summed E-state index contributed by atoms with van der Waals surface area (Å²) >= 11 is 2.76. The molecule has 0 aliphatic rings. The predicted molar refractivity (Wildman–Crippen MR) is 75.1 cm³/mol. The number of hydrogen-bond donors (Lipinski definition) is 2. The smallest absolute Gasteiger partial charge is 0.423 e. The molecule has 0 aliphatic carbocycles. The van der Waals surface area contributed by atoms with Gasteiger partial charge in [-0.05, 0) is 34.7 Å². The van der Waals surface area contributed by atoms with Crippen LogP contribution in [-0.2, 0) is 12.2 Å². The third-order valence-electron chi connectivity index (χ3n) is 2.50. The van der Waals surface area contributed by atoms with E-state index in [4.69, 9.17) is 0 Å². The molecule has 2 N–H and O–H groups in total. The summed E-state index contributed by atoms with van der Waals surface area (Å²) in [5.74, 6) is 0.807. The summed E-state index contributed by atoms with van der Waals surface area (Å²) in [6.07, 6.45) is 0.786. The standard InChI is InChI=1S/C11H12BFN2O2S2/c1-2-10-14-11(19-15-10)18-6-7-3-4-8(13)5-9(7)12(16)17/h3-5,16-17H,2,6H2,1H3. The van der Waals surface area contributed by atoms with Crippen molar-refractivity contribution in [1.82, 2.24) is 9.36 Å². The van der Waals surface area contributed by atoms with Crippen LogP contribution in [0, 0.1) is 5.82 Å². The molecule has 8 heteroatoms. The molecule has 4 nitrogen and oxygen atoms in total. The van der Waals surface area contributed by atoms with Crippen LogP contribution >= 0.6 is 23.3 Å². The van der Waals surface area contributed by atoms with E-state index in [9.17, 15) is 14.4 Å². The van der Waals surface area contributed by atoms with Gasteiger partial charge in [-0.3, -0.25) is 0 Å². The molecule has 0 amide bonds. The fraction of sp³-hybridized carbons (Fsp3) is 0.273. The van der Waals surface area contributed by atoms with Crippen molar-refractivity contribution in [1.29, 1.82) is 0 Å². The van der Waals surface area contributed by atoms with Gasteiger partial charge in [-0.15, -0.1) is 0 Å². The molecule has 1 aromatic heterocycles. The van der Waals surface area contributed by atoms with E-state index in [-0.39, 0.29) is 5.46 Å². The molecule has 0 bridgehead atoms. The molecule has 19 heavy (non-hydrogen) atoms. The Bertz CT molecular complexity index is 565. The second-order valence-electron chi connectivity index (χ2n) is 3.84. The lowest BCUT2D eigenvalue weighted by molar-refractivity contribution is 0.425. The van der Waals surface area contributed by atoms with Gasteiger partial charge < -0.3 is 10.0 Å². The highest BCUT2D eigenvalue weighted by Crippen LogP contribution is 2.24. The lowest BCUT2D eigenvalue weighted by Crippen LogP contribution is -2.33. The average molecular weight is 298 g/mol. The van der Waals surface area contributed by atoms with E-state index in [0.717, 1.165) is 22.7 Å². The van der Waals surface area contributed by atoms with Gasteiger partial charge in [0.2, 0.25) is 0 Å². The maximum Gasteiger partial charge on any atom is 0.488 e. The summed E-state index contributed by atoms with van der Waals surface area (Å²) in [7, 11) is -1.67. The van der Waals surface area contributed by atoms with E-state index in [1.807, 2.05) is 6.92 Å². The molecule has 0 atom stereocenters. The van der Waals surface area contributed by atoms with E-state index in [0.29, 0.717) is 11.3 Å². The molecular formula is C11H12BFN2O2S2. The summed E-state index contributed by atoms with van der Waals surface area (Å²) in [6.45, 7) is 1.98. The van der Waals surface area contributed by atoms with Gasteiger partial charge in [0.25, 0.3) is 0 Å². The summed E-state index contributed by atoms with van der Waals surface area (Å²) in [6, 6.07) is 4.00. The molecule has 100 valence electrons. The molecule has 2 aromatic rings. The Morgan fingerprint density at radius 3 is 2.84 bits per heavy atom. The zero-order chi connectivity index (χ0) is 13.8. The highest BCUT2D eigenvalue weighted by atomic mass is 32.2. The fourth-order valence-electron chi connectivity index (χ4n) is 1.52. The molecule has 0 saturated heterocycles. The van der Waals surface area contributed by atoms with Crippen molar-refractivity contribution in [3.8, 4) is 0 Å². The first-order chi connectivity index (χ1) is 9.10. The molecule has 0 fully saturated rings. The van der Waals surface area contributed by atoms with Gasteiger partial charge in [0.15, 0.2) is 4.34 Å². The number of rotatable bonds is 5. The number of nitrogens with zero attached hydrogens (tertiary/aromatic N) is 2. The Morgan fingerprint density at radius 2 is 2.21 bits per heavy atom. The predicted octanol–water partition coefficient (Wildman–Crippen LogP) is 1.21. The first-order valence-electron chi connectivity index (χ1n) is 5.70. The molecular weight excluding hydrogens is 286 g/mol. The molecule has 2 rings (SSSR count). The number of thioether (sulfide) groups is 1. The highest BCUT2D eigenvalue weighted by molar-refractivity contribution is 8.00. The monoisotopic (exact) mass is 298 g/mol. The van der Waals surface area contributed by atoms with Crippen molar-refractivity contribution < 1.29 is 14.4 Å². The van der Waals surface area contributed by atoms with Crippen LogP contribution in [0.3, 0.4) is 0 Å². The maximum atomic E-state index is 13.1. The van der Waals surface area contributed by atoms with E-state index >= 15 is 0 Å². The molecule has 1 aromatic carbocycles. The minimum absolute atomic E-state index is 0.188. The Morgan fingerprint density at radius 1 is 1.42 bits per heavy atom. The third-order valence-corrected chi connectivity index (χ3v) is 4.42. The second kappa shape index (κ2) is 6.47. The quantitative estimate of drug-likeness (QED) is 0.641. The van der Waals surface area contributed by atoms with Gasteiger partial charge in [-0.25, -0.2) is 9.37 Å². The summed E-state index contributed by atoms with van der Waals surface area (Å²) in [4.78, 5) is 4.31. The first-order valence-corrected chi connectivity index (χ1v) is 7.46. The van der Waals surface area contributed by atoms with Crippen LogP contribution in [0.5, 0.6) is 0 Å². The zero-order valence-corrected chi connectivity index (χ0v) is 11.8. The zero-order valence-electron chi connectivity index (χ0n) is 10.2. The molecule has 0 aliphatic heterocycles. The van der Waals surface area contributed by atoms with Crippen LogP contribution in [-0.4, -0.2) is 26.5 Å². The van der Waals surface area contributed by atoms with Crippen LogP contribution in [0.25, 0.3) is 0 Å². The number of halogens is 1. The minimum atomic E-state index is -1.67. The van der Waals surface area contributed by atoms with E-state index in [1.54, 1.807) is 6.07 Å². The Hall–Kier alpha value is -0.955. The van der Waals surface area contributed by atoms with Gasteiger partial charge >= 0.3 is 7.12 Å². The van der Waals surface area contributed by atoms with Crippen LogP contribution in [0.4, 0.5) is 4.39 Å². The number of aromatic nitrogens is 2. The van der Waals surface area contributed by atoms with Crippen molar-refractivity contribution in [3.05, 3.63) is 35.4 Å². The van der Waals surface area contributed by atoms with Crippen LogP contribution < -0.4 is 5.46 Å². The van der Waals surface area contributed by atoms with Crippen molar-refractivity contribution in [3.63, 3.8) is 0 Å². The molecule has 0 spiro atoms. The Balaban J connectivity index is 2.10. The van der Waals surface area contributed by atoms with Gasteiger partial charge in [0, 0.05) is 12.2 Å². The van der Waals surface area contributed by atoms with Crippen LogP contribution in [0.1, 0.15) is 18.3 Å². The lowest BCUT2D eigenvalue weighted by Gasteiger charge is -2.07. The number of hydrogen-bond acceptors (Lipinski definition) is 6. The van der Waals surface area contributed by atoms with Crippen molar-refractivity contribution in [2.75, 3.05) is 0 Å². The maximum absolute atomic E-state index is 13.1. The summed E-state index contributed by atoms with van der Waals surface area (Å²) in [5.41, 5.74) is 0.863. The molecule has 0 radical (unpaired) electrons. The Kier molecular flexibility index (Phi) is 4.92. The summed E-state index contributed by atoms with van der Waals surface area (Å²) in [5, 5.41) is 18.4. The Labute approximate surface area is 119 Å². The van der Waals surface area contributed by atoms with Crippen molar-refractivity contribution >= 4 is 35.9 Å². The van der Waals surface area contributed by atoms with E-state index < -0.39 is 12.9 Å². The van der Waals surface area contributed by atoms with Crippen molar-refractivity contribution in [2.45, 2.75) is 23.4 Å². The fourth-order valence-corrected chi connectivity index (χ4v) is 3.23. The molecule has 0 saturated carbocycles. The first kappa shape index (κ1) is 14.5. The van der Waals surface area contributed by atoms with Gasteiger partial charge in [0.1, 0.15) is 11.6 Å². The average Bonchev–Trinajstić information content (AvgIpc) is 2.85. The normalized spacial score (nSPS) is 10.7. The molecule has 0 unspecified atom stereocenters. The SMILES string of the molecule is CCc1nsc(SCc2ccc(F)cc2B(O)O)n1. The second-order valence-corrected chi connectivity index (χ2v) is 5.81. The van der Waals surface area contributed by atoms with Crippen LogP contribution in [0.15, 0.2) is 22.5 Å². The van der Waals surface area contributed by atoms with Crippen molar-refractivity contribution in [2.24, 2.45) is 0 Å². The van der Waals surface area contributed by atoms with Gasteiger partial charge in [0.05, 0.1) is 0 Å². The van der Waals surface area contributed by atoms with Gasteiger partial charge in [-0.1, -0.05) is 24.8 Å². The van der Waals surface area contributed by atoms with E-state index in [2.05, 4.69) is 9.36 Å². The number of benzene rings is 1. The largest absolute Gasteiger partial charge is 0.488 e. The van der Waals surface area contributed by atoms with Gasteiger partial charge in [-0.2, -0.15) is 4.37 Å². The topological polar surface area (TPSA) is 66.2 Å².